The van der Waals surface area contributed by atoms with E-state index in [0.717, 1.165) is 25.9 Å². The van der Waals surface area contributed by atoms with E-state index in [2.05, 4.69) is 13.8 Å². The second kappa shape index (κ2) is 10.2. The highest BCUT2D eigenvalue weighted by Crippen LogP contribution is 2.06. The highest BCUT2D eigenvalue weighted by Gasteiger charge is 2.12. The fraction of sp³-hybridized carbons (Fsp3) is 0.909. The van der Waals surface area contributed by atoms with Crippen LogP contribution in [-0.2, 0) is 4.79 Å². The normalized spacial score (nSPS) is 11.7. The van der Waals surface area contributed by atoms with Gasteiger partial charge in [0, 0.05) is 19.5 Å². The average molecular weight is 237 g/mol. The van der Waals surface area contributed by atoms with Crippen molar-refractivity contribution in [2.45, 2.75) is 40.0 Å². The van der Waals surface area contributed by atoms with Gasteiger partial charge in [-0.15, -0.1) is 12.4 Å². The summed E-state index contributed by atoms with van der Waals surface area (Å²) >= 11 is 0. The van der Waals surface area contributed by atoms with Crippen molar-refractivity contribution < 1.29 is 4.79 Å². The summed E-state index contributed by atoms with van der Waals surface area (Å²) in [6.45, 7) is 8.67. The predicted molar refractivity (Wildman–Crippen MR) is 67.2 cm³/mol. The molecule has 0 aromatic heterocycles. The van der Waals surface area contributed by atoms with E-state index in [9.17, 15) is 4.79 Å². The first-order chi connectivity index (χ1) is 6.65. The lowest BCUT2D eigenvalue weighted by molar-refractivity contribution is -0.131. The standard InChI is InChI=1S/C11H24N2O.ClH/c1-4-10(3)9-13(5-2)11(14)7-6-8-12;/h10H,4-9,12H2,1-3H3;1H. The van der Waals surface area contributed by atoms with E-state index in [4.69, 9.17) is 5.73 Å². The zero-order chi connectivity index (χ0) is 11.0. The largest absolute Gasteiger partial charge is 0.343 e. The predicted octanol–water partition coefficient (Wildman–Crippen LogP) is 2.04. The van der Waals surface area contributed by atoms with E-state index >= 15 is 0 Å². The molecule has 15 heavy (non-hydrogen) atoms. The molecule has 1 atom stereocenters. The third kappa shape index (κ3) is 7.63. The fourth-order valence-electron chi connectivity index (χ4n) is 1.32. The van der Waals surface area contributed by atoms with Gasteiger partial charge in [-0.2, -0.15) is 0 Å². The molecule has 0 aliphatic rings. The van der Waals surface area contributed by atoms with Crippen LogP contribution < -0.4 is 5.73 Å². The van der Waals surface area contributed by atoms with Gasteiger partial charge in [-0.1, -0.05) is 20.3 Å². The Bertz CT molecular complexity index is 165. The highest BCUT2D eigenvalue weighted by atomic mass is 35.5. The molecular formula is C11H25ClN2O. The molecule has 0 rings (SSSR count). The topological polar surface area (TPSA) is 46.3 Å². The molecule has 1 amide bonds. The second-order valence-corrected chi connectivity index (χ2v) is 3.84. The first-order valence-corrected chi connectivity index (χ1v) is 5.63. The molecule has 92 valence electrons. The summed E-state index contributed by atoms with van der Waals surface area (Å²) in [6, 6.07) is 0. The average Bonchev–Trinajstić information content (AvgIpc) is 2.21. The van der Waals surface area contributed by atoms with Crippen LogP contribution in [0.15, 0.2) is 0 Å². The third-order valence-electron chi connectivity index (χ3n) is 2.56. The van der Waals surface area contributed by atoms with E-state index in [1.165, 1.54) is 0 Å². The van der Waals surface area contributed by atoms with E-state index in [0.29, 0.717) is 18.9 Å². The van der Waals surface area contributed by atoms with Crippen molar-refractivity contribution in [2.75, 3.05) is 19.6 Å². The second-order valence-electron chi connectivity index (χ2n) is 3.84. The van der Waals surface area contributed by atoms with E-state index in [-0.39, 0.29) is 18.3 Å². The van der Waals surface area contributed by atoms with Crippen molar-refractivity contribution >= 4 is 18.3 Å². The molecule has 0 aromatic carbocycles. The van der Waals surface area contributed by atoms with Gasteiger partial charge in [0.15, 0.2) is 0 Å². The Morgan fingerprint density at radius 1 is 1.40 bits per heavy atom. The van der Waals surface area contributed by atoms with Gasteiger partial charge in [0.05, 0.1) is 0 Å². The van der Waals surface area contributed by atoms with Crippen molar-refractivity contribution in [1.29, 1.82) is 0 Å². The number of hydrogen-bond acceptors (Lipinski definition) is 2. The molecule has 0 aliphatic carbocycles. The SMILES string of the molecule is CCC(C)CN(CC)C(=O)CCCN.Cl. The van der Waals surface area contributed by atoms with Gasteiger partial charge in [-0.05, 0) is 25.8 Å². The van der Waals surface area contributed by atoms with Crippen LogP contribution in [0.1, 0.15) is 40.0 Å². The number of nitrogens with zero attached hydrogens (tertiary/aromatic N) is 1. The molecule has 0 bridgehead atoms. The fourth-order valence-corrected chi connectivity index (χ4v) is 1.32. The Morgan fingerprint density at radius 3 is 2.40 bits per heavy atom. The van der Waals surface area contributed by atoms with E-state index in [1.54, 1.807) is 0 Å². The van der Waals surface area contributed by atoms with Gasteiger partial charge in [0.1, 0.15) is 0 Å². The molecule has 1 unspecified atom stereocenters. The van der Waals surface area contributed by atoms with Crippen LogP contribution >= 0.6 is 12.4 Å². The van der Waals surface area contributed by atoms with Crippen LogP contribution in [0.5, 0.6) is 0 Å². The molecule has 0 heterocycles. The summed E-state index contributed by atoms with van der Waals surface area (Å²) in [5.41, 5.74) is 5.38. The summed E-state index contributed by atoms with van der Waals surface area (Å²) < 4.78 is 0. The molecular weight excluding hydrogens is 212 g/mol. The summed E-state index contributed by atoms with van der Waals surface area (Å²) in [7, 11) is 0. The van der Waals surface area contributed by atoms with Gasteiger partial charge >= 0.3 is 0 Å². The molecule has 0 saturated carbocycles. The van der Waals surface area contributed by atoms with Gasteiger partial charge in [0.2, 0.25) is 5.91 Å². The molecule has 3 nitrogen and oxygen atoms in total. The number of carbonyl (C=O) groups is 1. The Morgan fingerprint density at radius 2 is 2.00 bits per heavy atom. The van der Waals surface area contributed by atoms with Gasteiger partial charge in [-0.3, -0.25) is 4.79 Å². The highest BCUT2D eigenvalue weighted by molar-refractivity contribution is 5.85. The monoisotopic (exact) mass is 236 g/mol. The van der Waals surface area contributed by atoms with Crippen molar-refractivity contribution in [3.05, 3.63) is 0 Å². The maximum Gasteiger partial charge on any atom is 0.222 e. The number of halogens is 1. The van der Waals surface area contributed by atoms with Crippen molar-refractivity contribution in [2.24, 2.45) is 11.7 Å². The van der Waals surface area contributed by atoms with Crippen molar-refractivity contribution in [3.63, 3.8) is 0 Å². The number of nitrogens with two attached hydrogens (primary N) is 1. The van der Waals surface area contributed by atoms with Gasteiger partial charge in [-0.25, -0.2) is 0 Å². The molecule has 2 N–H and O–H groups in total. The van der Waals surface area contributed by atoms with Crippen molar-refractivity contribution in [3.8, 4) is 0 Å². The number of amides is 1. The number of carbonyl (C=O) groups excluding carboxylic acids is 1. The third-order valence-corrected chi connectivity index (χ3v) is 2.56. The van der Waals surface area contributed by atoms with Crippen LogP contribution in [0, 0.1) is 5.92 Å². The van der Waals surface area contributed by atoms with E-state index < -0.39 is 0 Å². The smallest absolute Gasteiger partial charge is 0.222 e. The Kier molecular flexibility index (Phi) is 11.7. The zero-order valence-corrected chi connectivity index (χ0v) is 11.0. The minimum atomic E-state index is 0. The lowest BCUT2D eigenvalue weighted by Gasteiger charge is -2.24. The first-order valence-electron chi connectivity index (χ1n) is 5.63. The van der Waals surface area contributed by atoms with Gasteiger partial charge in [0.25, 0.3) is 0 Å². The van der Waals surface area contributed by atoms with Crippen LogP contribution in [0.25, 0.3) is 0 Å². The molecule has 0 aromatic rings. The lowest BCUT2D eigenvalue weighted by atomic mass is 10.1. The molecule has 0 saturated heterocycles. The van der Waals surface area contributed by atoms with Crippen LogP contribution in [-0.4, -0.2) is 30.4 Å². The van der Waals surface area contributed by atoms with E-state index in [1.807, 2.05) is 11.8 Å². The lowest BCUT2D eigenvalue weighted by Crippen LogP contribution is -2.34. The summed E-state index contributed by atoms with van der Waals surface area (Å²) in [4.78, 5) is 13.6. The number of rotatable bonds is 7. The quantitative estimate of drug-likeness (QED) is 0.736. The maximum atomic E-state index is 11.7. The summed E-state index contributed by atoms with van der Waals surface area (Å²) in [5, 5.41) is 0. The Hall–Kier alpha value is -0.280. The zero-order valence-electron chi connectivity index (χ0n) is 10.2. The van der Waals surface area contributed by atoms with Crippen LogP contribution in [0.2, 0.25) is 0 Å². The van der Waals surface area contributed by atoms with Crippen LogP contribution in [0.3, 0.4) is 0 Å². The minimum Gasteiger partial charge on any atom is -0.343 e. The maximum absolute atomic E-state index is 11.7. The van der Waals surface area contributed by atoms with Crippen molar-refractivity contribution in [1.82, 2.24) is 4.90 Å². The molecule has 0 spiro atoms. The molecule has 0 radical (unpaired) electrons. The number of hydrogen-bond donors (Lipinski definition) is 1. The summed E-state index contributed by atoms with van der Waals surface area (Å²) in [5.74, 6) is 0.843. The van der Waals surface area contributed by atoms with Gasteiger partial charge < -0.3 is 10.6 Å². The first kappa shape index (κ1) is 17.1. The molecule has 0 aliphatic heterocycles. The molecule has 0 fully saturated rings. The summed E-state index contributed by atoms with van der Waals surface area (Å²) in [6.07, 6.45) is 2.53. The minimum absolute atomic E-state index is 0. The van der Waals surface area contributed by atoms with Crippen LogP contribution in [0.4, 0.5) is 0 Å². The molecule has 4 heteroatoms. The Labute approximate surface area is 99.8 Å². The Balaban J connectivity index is 0.